The van der Waals surface area contributed by atoms with Gasteiger partial charge in [-0.3, -0.25) is 0 Å². The second-order valence-corrected chi connectivity index (χ2v) is 5.13. The van der Waals surface area contributed by atoms with Crippen molar-refractivity contribution in [3.05, 3.63) is 47.2 Å². The largest absolute Gasteiger partial charge is 0.466 e. The first-order valence-electron chi connectivity index (χ1n) is 7.63. The molecule has 138 valence electrons. The molecule has 0 unspecified atom stereocenters. The quantitative estimate of drug-likeness (QED) is 0.440. The molecule has 1 heterocycles. The van der Waals surface area contributed by atoms with Crippen LogP contribution < -0.4 is 4.90 Å². The van der Waals surface area contributed by atoms with Crippen LogP contribution in [0.25, 0.3) is 6.08 Å². The number of esters is 3. The molecule has 0 radical (unpaired) electrons. The molecule has 1 aliphatic heterocycles. The lowest BCUT2D eigenvalue weighted by molar-refractivity contribution is -0.140. The topological polar surface area (TPSA) is 91.4 Å². The molecule has 0 amide bonds. The van der Waals surface area contributed by atoms with Gasteiger partial charge in [-0.1, -0.05) is 18.2 Å². The summed E-state index contributed by atoms with van der Waals surface area (Å²) in [5, 5.41) is 0. The molecular formula is C18H19NO7. The maximum atomic E-state index is 12.3. The van der Waals surface area contributed by atoms with E-state index in [4.69, 9.17) is 14.2 Å². The molecule has 0 aliphatic carbocycles. The molecule has 0 atom stereocenters. The third kappa shape index (κ3) is 4.09. The molecule has 8 heteroatoms. The van der Waals surface area contributed by atoms with Crippen molar-refractivity contribution in [2.75, 3.05) is 39.6 Å². The second-order valence-electron chi connectivity index (χ2n) is 5.13. The summed E-state index contributed by atoms with van der Waals surface area (Å²) in [5.41, 5.74) is 1.25. The van der Waals surface area contributed by atoms with Crippen molar-refractivity contribution in [2.24, 2.45) is 0 Å². The maximum absolute atomic E-state index is 12.3. The van der Waals surface area contributed by atoms with Crippen molar-refractivity contribution in [2.45, 2.75) is 0 Å². The van der Waals surface area contributed by atoms with Gasteiger partial charge in [-0.2, -0.15) is 0 Å². The SMILES string of the molecule is COC(=O)C=Cc1ccccc1N1COCC(C(=O)OC)=C1C(=O)OC. The van der Waals surface area contributed by atoms with Gasteiger partial charge in [0.1, 0.15) is 12.4 Å². The predicted molar refractivity (Wildman–Crippen MR) is 91.8 cm³/mol. The van der Waals surface area contributed by atoms with Crippen LogP contribution in [0.2, 0.25) is 0 Å². The number of carbonyl (C=O) groups excluding carboxylic acids is 3. The Kier molecular flexibility index (Phi) is 6.51. The molecule has 0 fully saturated rings. The fraction of sp³-hybridized carbons (Fsp3) is 0.278. The number of ether oxygens (including phenoxy) is 4. The van der Waals surface area contributed by atoms with Gasteiger partial charge in [-0.15, -0.1) is 0 Å². The molecule has 2 rings (SSSR count). The molecular weight excluding hydrogens is 342 g/mol. The van der Waals surface area contributed by atoms with Crippen LogP contribution in [0.4, 0.5) is 5.69 Å². The highest BCUT2D eigenvalue weighted by Crippen LogP contribution is 2.30. The Morgan fingerprint density at radius 1 is 1.04 bits per heavy atom. The first-order chi connectivity index (χ1) is 12.5. The lowest BCUT2D eigenvalue weighted by Gasteiger charge is -2.32. The van der Waals surface area contributed by atoms with E-state index in [1.54, 1.807) is 30.3 Å². The van der Waals surface area contributed by atoms with Crippen LogP contribution in [0.5, 0.6) is 0 Å². The number of benzene rings is 1. The molecule has 1 aromatic rings. The number of hydrogen-bond donors (Lipinski definition) is 0. The number of carbonyl (C=O) groups is 3. The van der Waals surface area contributed by atoms with E-state index in [-0.39, 0.29) is 24.6 Å². The zero-order valence-corrected chi connectivity index (χ0v) is 14.7. The molecule has 0 spiro atoms. The van der Waals surface area contributed by atoms with Gasteiger partial charge in [0, 0.05) is 6.08 Å². The fourth-order valence-electron chi connectivity index (χ4n) is 2.43. The van der Waals surface area contributed by atoms with E-state index in [1.165, 1.54) is 32.3 Å². The fourth-order valence-corrected chi connectivity index (χ4v) is 2.43. The number of nitrogens with zero attached hydrogens (tertiary/aromatic N) is 1. The van der Waals surface area contributed by atoms with E-state index in [2.05, 4.69) is 4.74 Å². The highest BCUT2D eigenvalue weighted by atomic mass is 16.5. The van der Waals surface area contributed by atoms with Gasteiger partial charge in [0.05, 0.1) is 39.2 Å². The molecule has 0 saturated carbocycles. The van der Waals surface area contributed by atoms with Crippen molar-refractivity contribution in [3.63, 3.8) is 0 Å². The van der Waals surface area contributed by atoms with E-state index in [9.17, 15) is 14.4 Å². The van der Waals surface area contributed by atoms with E-state index >= 15 is 0 Å². The minimum Gasteiger partial charge on any atom is -0.466 e. The predicted octanol–water partition coefficient (Wildman–Crippen LogP) is 1.27. The van der Waals surface area contributed by atoms with Gasteiger partial charge in [0.25, 0.3) is 0 Å². The Bertz CT molecular complexity index is 767. The first-order valence-corrected chi connectivity index (χ1v) is 7.63. The first kappa shape index (κ1) is 19.2. The van der Waals surface area contributed by atoms with E-state index in [0.29, 0.717) is 11.3 Å². The maximum Gasteiger partial charge on any atom is 0.355 e. The van der Waals surface area contributed by atoms with Crippen molar-refractivity contribution < 1.29 is 33.3 Å². The average Bonchev–Trinajstić information content (AvgIpc) is 2.70. The van der Waals surface area contributed by atoms with Crippen LogP contribution in [-0.4, -0.2) is 52.6 Å². The number of rotatable bonds is 5. The lowest BCUT2D eigenvalue weighted by atomic mass is 10.1. The van der Waals surface area contributed by atoms with Crippen molar-refractivity contribution >= 4 is 29.7 Å². The Hall–Kier alpha value is -3.13. The number of hydrogen-bond acceptors (Lipinski definition) is 8. The minimum atomic E-state index is -0.694. The molecule has 26 heavy (non-hydrogen) atoms. The molecule has 0 bridgehead atoms. The van der Waals surface area contributed by atoms with Crippen LogP contribution >= 0.6 is 0 Å². The summed E-state index contributed by atoms with van der Waals surface area (Å²) in [6.07, 6.45) is 2.80. The summed E-state index contributed by atoms with van der Waals surface area (Å²) in [7, 11) is 3.72. The summed E-state index contributed by atoms with van der Waals surface area (Å²) >= 11 is 0. The van der Waals surface area contributed by atoms with E-state index in [1.807, 2.05) is 0 Å². The van der Waals surface area contributed by atoms with E-state index in [0.717, 1.165) is 0 Å². The number of methoxy groups -OCH3 is 3. The van der Waals surface area contributed by atoms with Gasteiger partial charge in [-0.05, 0) is 17.7 Å². The van der Waals surface area contributed by atoms with Crippen molar-refractivity contribution in [1.29, 1.82) is 0 Å². The monoisotopic (exact) mass is 361 g/mol. The smallest absolute Gasteiger partial charge is 0.355 e. The highest BCUT2D eigenvalue weighted by molar-refractivity contribution is 6.04. The Morgan fingerprint density at radius 3 is 2.38 bits per heavy atom. The van der Waals surface area contributed by atoms with Crippen LogP contribution in [0, 0.1) is 0 Å². The van der Waals surface area contributed by atoms with Crippen LogP contribution in [-0.2, 0) is 33.3 Å². The molecule has 0 N–H and O–H groups in total. The average molecular weight is 361 g/mol. The normalized spacial score (nSPS) is 14.3. The zero-order valence-electron chi connectivity index (χ0n) is 14.7. The highest BCUT2D eigenvalue weighted by Gasteiger charge is 2.33. The van der Waals surface area contributed by atoms with Crippen LogP contribution in [0.3, 0.4) is 0 Å². The second kappa shape index (κ2) is 8.82. The summed E-state index contributed by atoms with van der Waals surface area (Å²) in [6.45, 7) is -0.0538. The third-order valence-corrected chi connectivity index (χ3v) is 3.66. The van der Waals surface area contributed by atoms with Crippen molar-refractivity contribution in [1.82, 2.24) is 0 Å². The van der Waals surface area contributed by atoms with Gasteiger partial charge < -0.3 is 23.8 Å². The minimum absolute atomic E-state index is 0.0218. The Balaban J connectivity index is 2.55. The molecule has 1 aromatic carbocycles. The van der Waals surface area contributed by atoms with E-state index < -0.39 is 17.9 Å². The Labute approximate surface area is 150 Å². The van der Waals surface area contributed by atoms with Gasteiger partial charge in [0.15, 0.2) is 0 Å². The summed E-state index contributed by atoms with van der Waals surface area (Å²) in [6, 6.07) is 7.00. The van der Waals surface area contributed by atoms with Gasteiger partial charge >= 0.3 is 17.9 Å². The third-order valence-electron chi connectivity index (χ3n) is 3.66. The summed E-state index contributed by atoms with van der Waals surface area (Å²) < 4.78 is 19.6. The lowest BCUT2D eigenvalue weighted by Crippen LogP contribution is -2.39. The molecule has 0 aromatic heterocycles. The summed E-state index contributed by atoms with van der Waals surface area (Å²) in [4.78, 5) is 37.2. The van der Waals surface area contributed by atoms with Gasteiger partial charge in [0.2, 0.25) is 0 Å². The number of para-hydroxylation sites is 1. The molecule has 8 nitrogen and oxygen atoms in total. The standard InChI is InChI=1S/C18H19NO7/c1-23-15(20)9-8-12-6-4-5-7-14(12)19-11-26-10-13(17(21)24-2)16(19)18(22)25-3/h4-9H,10-11H2,1-3H3. The van der Waals surface area contributed by atoms with Crippen molar-refractivity contribution in [3.8, 4) is 0 Å². The molecule has 1 aliphatic rings. The Morgan fingerprint density at radius 2 is 1.73 bits per heavy atom. The van der Waals surface area contributed by atoms with Gasteiger partial charge in [-0.25, -0.2) is 14.4 Å². The van der Waals surface area contributed by atoms with Crippen LogP contribution in [0.15, 0.2) is 41.6 Å². The zero-order chi connectivity index (χ0) is 19.1. The molecule has 0 saturated heterocycles. The number of anilines is 1. The van der Waals surface area contributed by atoms with Crippen LogP contribution in [0.1, 0.15) is 5.56 Å². The summed E-state index contributed by atoms with van der Waals surface area (Å²) in [5.74, 6) is -1.90.